The van der Waals surface area contributed by atoms with Crippen LogP contribution in [0.3, 0.4) is 0 Å². The molecule has 1 heterocycles. The van der Waals surface area contributed by atoms with Gasteiger partial charge in [0.1, 0.15) is 5.52 Å². The van der Waals surface area contributed by atoms with Crippen molar-refractivity contribution in [2.24, 2.45) is 0 Å². The molecule has 0 fully saturated rings. The summed E-state index contributed by atoms with van der Waals surface area (Å²) < 4.78 is 41.3. The first-order chi connectivity index (χ1) is 7.43. The van der Waals surface area contributed by atoms with Gasteiger partial charge in [-0.05, 0) is 26.1 Å². The van der Waals surface area contributed by atoms with Crippen LogP contribution in [0.2, 0.25) is 0 Å². The Morgan fingerprint density at radius 3 is 2.44 bits per heavy atom. The molecular formula is C10H9F3N2S. The van der Waals surface area contributed by atoms with Gasteiger partial charge in [0.2, 0.25) is 0 Å². The summed E-state index contributed by atoms with van der Waals surface area (Å²) in [5.74, 6) is -3.91. The summed E-state index contributed by atoms with van der Waals surface area (Å²) in [4.78, 5) is 2.65. The first-order valence-corrected chi connectivity index (χ1v) is 5.12. The first-order valence-electron chi connectivity index (χ1n) is 4.71. The summed E-state index contributed by atoms with van der Waals surface area (Å²) in [7, 11) is 0. The molecule has 0 bridgehead atoms. The largest absolute Gasteiger partial charge is 0.330 e. The van der Waals surface area contributed by atoms with E-state index >= 15 is 0 Å². The lowest BCUT2D eigenvalue weighted by atomic mass is 10.2. The third-order valence-corrected chi connectivity index (χ3v) is 2.65. The number of nitrogens with one attached hydrogen (secondary N) is 1. The third kappa shape index (κ3) is 1.44. The highest BCUT2D eigenvalue weighted by atomic mass is 32.1. The average molecular weight is 246 g/mol. The van der Waals surface area contributed by atoms with Crippen LogP contribution in [0.1, 0.15) is 19.9 Å². The zero-order chi connectivity index (χ0) is 12.0. The predicted molar refractivity (Wildman–Crippen MR) is 57.4 cm³/mol. The second kappa shape index (κ2) is 3.62. The molecule has 6 heteroatoms. The quantitative estimate of drug-likeness (QED) is 0.601. The standard InChI is InChI=1S/C10H9F3N2S/c1-4(2)15-9-6(14-10(15)16)3-5(11)7(12)8(9)13/h3-4H,1-2H3,(H,14,16). The second-order valence-electron chi connectivity index (χ2n) is 3.78. The van der Waals surface area contributed by atoms with Crippen LogP contribution in [-0.4, -0.2) is 9.55 Å². The lowest BCUT2D eigenvalue weighted by Crippen LogP contribution is -2.03. The molecule has 0 spiro atoms. The topological polar surface area (TPSA) is 20.7 Å². The SMILES string of the molecule is CC(C)n1c(=S)[nH]c2cc(F)c(F)c(F)c21. The van der Waals surface area contributed by atoms with Crippen molar-refractivity contribution in [1.82, 2.24) is 9.55 Å². The lowest BCUT2D eigenvalue weighted by molar-refractivity contribution is 0.449. The van der Waals surface area contributed by atoms with Crippen LogP contribution < -0.4 is 0 Å². The third-order valence-electron chi connectivity index (χ3n) is 2.35. The highest BCUT2D eigenvalue weighted by Crippen LogP contribution is 2.25. The Labute approximate surface area is 94.7 Å². The van der Waals surface area contributed by atoms with Crippen molar-refractivity contribution < 1.29 is 13.2 Å². The van der Waals surface area contributed by atoms with Crippen LogP contribution in [0.15, 0.2) is 6.07 Å². The smallest absolute Gasteiger partial charge is 0.196 e. The minimum absolute atomic E-state index is 0.0288. The Balaban J connectivity index is 2.99. The zero-order valence-corrected chi connectivity index (χ0v) is 9.46. The van der Waals surface area contributed by atoms with Gasteiger partial charge >= 0.3 is 0 Å². The summed E-state index contributed by atoms with van der Waals surface area (Å²) in [6, 6.07) is 0.767. The number of aromatic amines is 1. The van der Waals surface area contributed by atoms with E-state index in [9.17, 15) is 13.2 Å². The fourth-order valence-electron chi connectivity index (χ4n) is 1.69. The van der Waals surface area contributed by atoms with Crippen LogP contribution in [0.25, 0.3) is 11.0 Å². The van der Waals surface area contributed by atoms with Gasteiger partial charge in [0, 0.05) is 12.1 Å². The Kier molecular flexibility index (Phi) is 2.53. The molecule has 0 atom stereocenters. The van der Waals surface area contributed by atoms with E-state index in [2.05, 4.69) is 4.98 Å². The minimum atomic E-state index is -1.48. The molecule has 1 N–H and O–H groups in total. The van der Waals surface area contributed by atoms with Gasteiger partial charge in [-0.1, -0.05) is 0 Å². The van der Waals surface area contributed by atoms with E-state index in [-0.39, 0.29) is 21.8 Å². The van der Waals surface area contributed by atoms with Crippen LogP contribution in [0.4, 0.5) is 13.2 Å². The van der Waals surface area contributed by atoms with Gasteiger partial charge in [0.15, 0.2) is 22.2 Å². The molecule has 0 amide bonds. The molecule has 0 aliphatic carbocycles. The number of imidazole rings is 1. The van der Waals surface area contributed by atoms with Gasteiger partial charge in [-0.3, -0.25) is 0 Å². The summed E-state index contributed by atoms with van der Waals surface area (Å²) in [5, 5.41) is 0. The van der Waals surface area contributed by atoms with Crippen LogP contribution >= 0.6 is 12.2 Å². The maximum atomic E-state index is 13.6. The van der Waals surface area contributed by atoms with Crippen molar-refractivity contribution >= 4 is 23.3 Å². The van der Waals surface area contributed by atoms with Gasteiger partial charge in [-0.25, -0.2) is 13.2 Å². The molecule has 1 aromatic carbocycles. The average Bonchev–Trinajstić information content (AvgIpc) is 2.51. The molecule has 2 aromatic rings. The monoisotopic (exact) mass is 246 g/mol. The van der Waals surface area contributed by atoms with Crippen LogP contribution in [0.5, 0.6) is 0 Å². The van der Waals surface area contributed by atoms with Crippen molar-refractivity contribution in [1.29, 1.82) is 0 Å². The molecule has 0 aliphatic rings. The molecule has 0 saturated heterocycles. The van der Waals surface area contributed by atoms with E-state index in [1.165, 1.54) is 4.57 Å². The van der Waals surface area contributed by atoms with Crippen molar-refractivity contribution in [2.45, 2.75) is 19.9 Å². The Morgan fingerprint density at radius 1 is 1.25 bits per heavy atom. The van der Waals surface area contributed by atoms with Crippen LogP contribution in [0, 0.1) is 22.2 Å². The van der Waals surface area contributed by atoms with Crippen molar-refractivity contribution in [2.75, 3.05) is 0 Å². The summed E-state index contributed by atoms with van der Waals surface area (Å²) in [5.41, 5.74) is 0.133. The maximum Gasteiger partial charge on any atom is 0.196 e. The number of benzene rings is 1. The highest BCUT2D eigenvalue weighted by molar-refractivity contribution is 7.71. The highest BCUT2D eigenvalue weighted by Gasteiger charge is 2.19. The molecule has 2 rings (SSSR count). The number of hydrogen-bond donors (Lipinski definition) is 1. The maximum absolute atomic E-state index is 13.6. The summed E-state index contributed by atoms with van der Waals surface area (Å²) >= 11 is 4.97. The molecule has 0 aliphatic heterocycles. The first kappa shape index (κ1) is 11.2. The van der Waals surface area contributed by atoms with Gasteiger partial charge in [0.05, 0.1) is 5.52 Å². The van der Waals surface area contributed by atoms with Crippen molar-refractivity contribution in [3.63, 3.8) is 0 Å². The number of rotatable bonds is 1. The molecule has 0 saturated carbocycles. The van der Waals surface area contributed by atoms with Crippen molar-refractivity contribution in [3.8, 4) is 0 Å². The minimum Gasteiger partial charge on any atom is -0.330 e. The van der Waals surface area contributed by atoms with Crippen molar-refractivity contribution in [3.05, 3.63) is 28.3 Å². The molecule has 0 unspecified atom stereocenters. The van der Waals surface area contributed by atoms with E-state index in [0.29, 0.717) is 0 Å². The van der Waals surface area contributed by atoms with E-state index in [0.717, 1.165) is 6.07 Å². The van der Waals surface area contributed by atoms with Gasteiger partial charge in [-0.15, -0.1) is 0 Å². The molecule has 16 heavy (non-hydrogen) atoms. The lowest BCUT2D eigenvalue weighted by Gasteiger charge is -2.09. The molecule has 2 nitrogen and oxygen atoms in total. The van der Waals surface area contributed by atoms with Gasteiger partial charge < -0.3 is 9.55 Å². The molecule has 86 valence electrons. The number of fused-ring (bicyclic) bond motifs is 1. The van der Waals surface area contributed by atoms with E-state index in [1.54, 1.807) is 13.8 Å². The molecule has 1 aromatic heterocycles. The fraction of sp³-hybridized carbons (Fsp3) is 0.300. The summed E-state index contributed by atoms with van der Waals surface area (Å²) in [6.45, 7) is 3.56. The van der Waals surface area contributed by atoms with E-state index in [4.69, 9.17) is 12.2 Å². The Hall–Kier alpha value is -1.30. The number of nitrogens with zero attached hydrogens (tertiary/aromatic N) is 1. The second-order valence-corrected chi connectivity index (χ2v) is 4.16. The van der Waals surface area contributed by atoms with E-state index in [1.807, 2.05) is 0 Å². The zero-order valence-electron chi connectivity index (χ0n) is 8.64. The van der Waals surface area contributed by atoms with Crippen LogP contribution in [-0.2, 0) is 0 Å². The van der Waals surface area contributed by atoms with Gasteiger partial charge in [0.25, 0.3) is 0 Å². The summed E-state index contributed by atoms with van der Waals surface area (Å²) in [6.07, 6.45) is 0. The molecule has 0 radical (unpaired) electrons. The number of H-pyrrole nitrogens is 1. The van der Waals surface area contributed by atoms with Gasteiger partial charge in [-0.2, -0.15) is 0 Å². The number of halogens is 3. The fourth-order valence-corrected chi connectivity index (χ4v) is 2.10. The normalized spacial score (nSPS) is 11.6. The predicted octanol–water partition coefficient (Wildman–Crippen LogP) is 3.70. The molecular weight excluding hydrogens is 237 g/mol. The Morgan fingerprint density at radius 2 is 1.88 bits per heavy atom. The van der Waals surface area contributed by atoms with E-state index < -0.39 is 17.5 Å². The number of aromatic nitrogens is 2. The Bertz CT molecular complexity index is 613. The number of hydrogen-bond acceptors (Lipinski definition) is 1.